The van der Waals surface area contributed by atoms with Gasteiger partial charge in [-0.2, -0.15) is 0 Å². The molecule has 132 valence electrons. The minimum Gasteiger partial charge on any atom is -0.481 e. The summed E-state index contributed by atoms with van der Waals surface area (Å²) in [5, 5.41) is 22.7. The van der Waals surface area contributed by atoms with E-state index >= 15 is 0 Å². The molecule has 0 heterocycles. The van der Waals surface area contributed by atoms with Crippen LogP contribution in [0, 0.1) is 17.8 Å². The number of aliphatic imine (C=N–C) groups is 1. The average molecular weight is 328 g/mol. The first kappa shape index (κ1) is 19.2. The van der Waals surface area contributed by atoms with Crippen LogP contribution in [-0.4, -0.2) is 46.2 Å². The Hall–Kier alpha value is -1.83. The number of carbonyl (C=O) groups is 2. The minimum atomic E-state index is -1.11. The molecule has 0 radical (unpaired) electrons. The van der Waals surface area contributed by atoms with Gasteiger partial charge >= 0.3 is 5.97 Å². The second-order valence-electron chi connectivity index (χ2n) is 6.17. The molecule has 0 spiro atoms. The van der Waals surface area contributed by atoms with Gasteiger partial charge in [-0.15, -0.1) is 0 Å². The number of rotatable bonds is 7. The van der Waals surface area contributed by atoms with Crippen LogP contribution < -0.4 is 16.8 Å². The first-order valence-electron chi connectivity index (χ1n) is 7.99. The van der Waals surface area contributed by atoms with Crippen molar-refractivity contribution in [1.29, 1.82) is 0 Å². The predicted molar refractivity (Wildman–Crippen MR) is 86.5 cm³/mol. The summed E-state index contributed by atoms with van der Waals surface area (Å²) in [6, 6.07) is -0.913. The highest BCUT2D eigenvalue weighted by molar-refractivity contribution is 5.76. The van der Waals surface area contributed by atoms with Crippen molar-refractivity contribution in [1.82, 2.24) is 5.32 Å². The van der Waals surface area contributed by atoms with E-state index in [9.17, 15) is 19.8 Å². The quantitative estimate of drug-likeness (QED) is 0.318. The van der Waals surface area contributed by atoms with Crippen LogP contribution in [0.5, 0.6) is 0 Å². The number of guanidine groups is 1. The smallest absolute Gasteiger partial charge is 0.309 e. The molecule has 0 aliphatic heterocycles. The van der Waals surface area contributed by atoms with E-state index in [4.69, 9.17) is 11.5 Å². The van der Waals surface area contributed by atoms with Gasteiger partial charge < -0.3 is 27.0 Å². The van der Waals surface area contributed by atoms with Crippen molar-refractivity contribution in [3.63, 3.8) is 0 Å². The third-order valence-electron chi connectivity index (χ3n) is 4.72. The van der Waals surface area contributed by atoms with Gasteiger partial charge in [-0.3, -0.25) is 9.59 Å². The number of carboxylic acids is 1. The normalized spacial score (nSPS) is 28.4. The largest absolute Gasteiger partial charge is 0.481 e. The molecule has 1 rings (SSSR count). The number of aliphatic hydroxyl groups excluding tert-OH is 1. The highest BCUT2D eigenvalue weighted by atomic mass is 16.4. The zero-order valence-electron chi connectivity index (χ0n) is 13.9. The third kappa shape index (κ3) is 4.57. The van der Waals surface area contributed by atoms with E-state index in [1.54, 1.807) is 0 Å². The van der Waals surface area contributed by atoms with E-state index in [1.807, 2.05) is 13.8 Å². The molecule has 5 atom stereocenters. The van der Waals surface area contributed by atoms with Gasteiger partial charge in [0.2, 0.25) is 5.91 Å². The van der Waals surface area contributed by atoms with Crippen molar-refractivity contribution in [2.75, 3.05) is 0 Å². The number of carboxylic acid groups (broad SMARTS) is 1. The van der Waals surface area contributed by atoms with Crippen LogP contribution in [0.1, 0.15) is 40.0 Å². The number of hydrogen-bond acceptors (Lipinski definition) is 4. The van der Waals surface area contributed by atoms with Crippen LogP contribution in [0.15, 0.2) is 4.99 Å². The fourth-order valence-electron chi connectivity index (χ4n) is 3.64. The van der Waals surface area contributed by atoms with E-state index in [-0.39, 0.29) is 30.2 Å². The number of amides is 1. The molecule has 1 amide bonds. The lowest BCUT2D eigenvalue weighted by Crippen LogP contribution is -2.51. The lowest BCUT2D eigenvalue weighted by molar-refractivity contribution is -0.145. The molecule has 1 aliphatic carbocycles. The lowest BCUT2D eigenvalue weighted by atomic mass is 9.80. The monoisotopic (exact) mass is 328 g/mol. The summed E-state index contributed by atoms with van der Waals surface area (Å²) >= 11 is 0. The summed E-state index contributed by atoms with van der Waals surface area (Å²) in [5.41, 5.74) is 10.9. The number of aliphatic carboxylic acids is 1. The van der Waals surface area contributed by atoms with Crippen molar-refractivity contribution >= 4 is 17.8 Å². The van der Waals surface area contributed by atoms with Gasteiger partial charge in [0.05, 0.1) is 18.1 Å². The Kier molecular flexibility index (Phi) is 6.80. The van der Waals surface area contributed by atoms with Gasteiger partial charge in [-0.1, -0.05) is 26.7 Å². The number of carbonyl (C=O) groups excluding carboxylic acids is 1. The second-order valence-corrected chi connectivity index (χ2v) is 6.17. The molecule has 0 aromatic heterocycles. The first-order chi connectivity index (χ1) is 10.7. The zero-order valence-corrected chi connectivity index (χ0v) is 13.9. The van der Waals surface area contributed by atoms with Gasteiger partial charge in [-0.25, -0.2) is 4.99 Å². The summed E-state index contributed by atoms with van der Waals surface area (Å²) in [6.45, 7) is 5.39. The van der Waals surface area contributed by atoms with E-state index < -0.39 is 30.0 Å². The highest BCUT2D eigenvalue weighted by Crippen LogP contribution is 2.39. The zero-order chi connectivity index (χ0) is 17.7. The lowest BCUT2D eigenvalue weighted by Gasteiger charge is -2.35. The molecule has 0 aromatic carbocycles. The topological polar surface area (TPSA) is 151 Å². The first-order valence-corrected chi connectivity index (χ1v) is 7.99. The Morgan fingerprint density at radius 1 is 1.30 bits per heavy atom. The molecule has 23 heavy (non-hydrogen) atoms. The molecule has 7 N–H and O–H groups in total. The average Bonchev–Trinajstić information content (AvgIpc) is 2.74. The van der Waals surface area contributed by atoms with E-state index in [1.165, 1.54) is 6.92 Å². The van der Waals surface area contributed by atoms with Crippen molar-refractivity contribution < 1.29 is 19.8 Å². The van der Waals surface area contributed by atoms with Gasteiger partial charge in [0.1, 0.15) is 0 Å². The molecule has 8 nitrogen and oxygen atoms in total. The Balaban J connectivity index is 3.23. The van der Waals surface area contributed by atoms with Crippen LogP contribution >= 0.6 is 0 Å². The Bertz CT molecular complexity index is 460. The summed E-state index contributed by atoms with van der Waals surface area (Å²) in [4.78, 5) is 27.1. The molecule has 1 fully saturated rings. The Morgan fingerprint density at radius 2 is 1.87 bits per heavy atom. The van der Waals surface area contributed by atoms with Gasteiger partial charge in [0.15, 0.2) is 5.96 Å². The molecular formula is C15H28N4O4. The van der Waals surface area contributed by atoms with Crippen LogP contribution in [0.25, 0.3) is 0 Å². The molecule has 8 heteroatoms. The van der Waals surface area contributed by atoms with E-state index in [0.29, 0.717) is 0 Å². The van der Waals surface area contributed by atoms with E-state index in [0.717, 1.165) is 12.8 Å². The minimum absolute atomic E-state index is 0.0998. The third-order valence-corrected chi connectivity index (χ3v) is 4.72. The highest BCUT2D eigenvalue weighted by Gasteiger charge is 2.50. The maximum Gasteiger partial charge on any atom is 0.309 e. The van der Waals surface area contributed by atoms with Crippen molar-refractivity contribution in [3.05, 3.63) is 0 Å². The molecule has 0 unspecified atom stereocenters. The fraction of sp³-hybridized carbons (Fsp3) is 0.800. The van der Waals surface area contributed by atoms with Crippen molar-refractivity contribution in [2.45, 2.75) is 58.2 Å². The summed E-state index contributed by atoms with van der Waals surface area (Å²) in [7, 11) is 0. The SMILES string of the molecule is CCC(CC)[C@@H](NC(C)=O)[C@@H]1[C@H](O)[C@H](C(=O)O)C[C@H]1N=C(N)N. The van der Waals surface area contributed by atoms with Gasteiger partial charge in [0, 0.05) is 18.9 Å². The molecular weight excluding hydrogens is 300 g/mol. The second kappa shape index (κ2) is 8.14. The summed E-state index contributed by atoms with van der Waals surface area (Å²) < 4.78 is 0. The number of nitrogens with zero attached hydrogens (tertiary/aromatic N) is 1. The van der Waals surface area contributed by atoms with Crippen molar-refractivity contribution in [3.8, 4) is 0 Å². The number of aliphatic hydroxyl groups is 1. The molecule has 0 aromatic rings. The Morgan fingerprint density at radius 3 is 2.26 bits per heavy atom. The van der Waals surface area contributed by atoms with Crippen LogP contribution in [0.4, 0.5) is 0 Å². The molecule has 0 bridgehead atoms. The molecule has 1 aliphatic rings. The van der Waals surface area contributed by atoms with Crippen LogP contribution in [0.3, 0.4) is 0 Å². The van der Waals surface area contributed by atoms with E-state index in [2.05, 4.69) is 10.3 Å². The van der Waals surface area contributed by atoms with Crippen LogP contribution in [-0.2, 0) is 9.59 Å². The Labute approximate surface area is 136 Å². The number of nitrogens with two attached hydrogens (primary N) is 2. The fourth-order valence-corrected chi connectivity index (χ4v) is 3.64. The summed E-state index contributed by atoms with van der Waals surface area (Å²) in [6.07, 6.45) is 0.612. The number of hydrogen-bond donors (Lipinski definition) is 5. The van der Waals surface area contributed by atoms with Gasteiger partial charge in [-0.05, 0) is 12.3 Å². The summed E-state index contributed by atoms with van der Waals surface area (Å²) in [5.74, 6) is -2.84. The maximum atomic E-state index is 11.6. The van der Waals surface area contributed by atoms with Crippen LogP contribution in [0.2, 0.25) is 0 Å². The van der Waals surface area contributed by atoms with Gasteiger partial charge in [0.25, 0.3) is 0 Å². The number of nitrogens with one attached hydrogen (secondary N) is 1. The molecule has 1 saturated carbocycles. The maximum absolute atomic E-state index is 11.6. The molecule has 0 saturated heterocycles. The predicted octanol–water partition coefficient (Wildman–Crippen LogP) is -0.349. The standard InChI is InChI=1S/C15H28N4O4/c1-4-8(5-2)12(18-7(3)20)11-10(19-15(16)17)6-9(13(11)21)14(22)23/h8-13,21H,4-6H2,1-3H3,(H,18,20)(H,22,23)(H4,16,17,19)/t9-,10-,11-,12-,13-/m1/s1. The van der Waals surface area contributed by atoms with Crippen molar-refractivity contribution in [2.24, 2.45) is 34.2 Å².